The van der Waals surface area contributed by atoms with Crippen LogP contribution in [0.5, 0.6) is 0 Å². The highest BCUT2D eigenvalue weighted by Gasteiger charge is 2.17. The molecule has 0 fully saturated rings. The second-order valence-corrected chi connectivity index (χ2v) is 6.70. The fourth-order valence-corrected chi connectivity index (χ4v) is 3.09. The highest BCUT2D eigenvalue weighted by molar-refractivity contribution is 6.04. The van der Waals surface area contributed by atoms with E-state index in [0.29, 0.717) is 22.6 Å². The Hall–Kier alpha value is -4.53. The smallest absolute Gasteiger partial charge is 0.325 e. The van der Waals surface area contributed by atoms with Gasteiger partial charge in [-0.3, -0.25) is 19.0 Å². The van der Waals surface area contributed by atoms with Crippen LogP contribution in [0.15, 0.2) is 82.5 Å². The lowest BCUT2D eigenvalue weighted by atomic mass is 10.1. The monoisotopic (exact) mass is 430 g/mol. The second-order valence-electron chi connectivity index (χ2n) is 6.70. The molecule has 0 atom stereocenters. The molecule has 0 unspecified atom stereocenters. The number of nitrogens with zero attached hydrogens (tertiary/aromatic N) is 3. The number of nitrogens with one attached hydrogen (secondary N) is 1. The predicted molar refractivity (Wildman–Crippen MR) is 116 cm³/mol. The molecule has 0 aliphatic heterocycles. The van der Waals surface area contributed by atoms with E-state index in [1.807, 2.05) is 6.07 Å². The molecule has 0 aliphatic carbocycles. The molecule has 1 amide bonds. The average molecular weight is 430 g/mol. The summed E-state index contributed by atoms with van der Waals surface area (Å²) in [4.78, 5) is 46.2. The van der Waals surface area contributed by atoms with Gasteiger partial charge in [-0.15, -0.1) is 0 Å². The Morgan fingerprint density at radius 3 is 2.56 bits per heavy atom. The minimum atomic E-state index is -0.617. The first kappa shape index (κ1) is 20.7. The normalized spacial score (nSPS) is 10.5. The average Bonchev–Trinajstić information content (AvgIpc) is 3.37. The van der Waals surface area contributed by atoms with Crippen molar-refractivity contribution >= 4 is 17.6 Å². The van der Waals surface area contributed by atoms with Crippen molar-refractivity contribution < 1.29 is 18.7 Å². The lowest BCUT2D eigenvalue weighted by Crippen LogP contribution is -2.30. The molecule has 2 aromatic heterocycles. The van der Waals surface area contributed by atoms with Crippen LogP contribution >= 0.6 is 0 Å². The van der Waals surface area contributed by atoms with Gasteiger partial charge in [-0.1, -0.05) is 36.4 Å². The quantitative estimate of drug-likeness (QED) is 0.468. The highest BCUT2D eigenvalue weighted by atomic mass is 16.5. The van der Waals surface area contributed by atoms with Gasteiger partial charge in [0.1, 0.15) is 24.3 Å². The maximum Gasteiger partial charge on any atom is 0.325 e. The van der Waals surface area contributed by atoms with Crippen LogP contribution in [0.3, 0.4) is 0 Å². The zero-order valence-electron chi connectivity index (χ0n) is 17.0. The van der Waals surface area contributed by atoms with E-state index in [9.17, 15) is 14.4 Å². The maximum absolute atomic E-state index is 13.1. The van der Waals surface area contributed by atoms with Crippen LogP contribution in [0.2, 0.25) is 0 Å². The number of rotatable bonds is 6. The molecule has 9 heteroatoms. The first-order valence-electron chi connectivity index (χ1n) is 9.60. The Balaban J connectivity index is 1.68. The number of oxazole rings is 1. The molecule has 1 N–H and O–H groups in total. The number of hydrogen-bond acceptors (Lipinski definition) is 7. The summed E-state index contributed by atoms with van der Waals surface area (Å²) in [7, 11) is 1.23. The van der Waals surface area contributed by atoms with Crippen molar-refractivity contribution in [2.24, 2.45) is 0 Å². The fourth-order valence-electron chi connectivity index (χ4n) is 3.09. The van der Waals surface area contributed by atoms with Gasteiger partial charge >= 0.3 is 5.97 Å². The number of amides is 1. The van der Waals surface area contributed by atoms with Crippen molar-refractivity contribution in [1.82, 2.24) is 14.5 Å². The van der Waals surface area contributed by atoms with Crippen molar-refractivity contribution in [3.8, 4) is 22.8 Å². The summed E-state index contributed by atoms with van der Waals surface area (Å²) in [5.74, 6) is -0.485. The van der Waals surface area contributed by atoms with E-state index in [-0.39, 0.29) is 18.1 Å². The molecular weight excluding hydrogens is 412 g/mol. The minimum Gasteiger partial charge on any atom is -0.468 e. The summed E-state index contributed by atoms with van der Waals surface area (Å²) in [6.45, 7) is -0.351. The molecular formula is C23H18N4O5. The fraction of sp³-hybridized carbons (Fsp3) is 0.0870. The lowest BCUT2D eigenvalue weighted by Gasteiger charge is -2.13. The third kappa shape index (κ3) is 4.31. The molecule has 2 heterocycles. The number of carbonyl (C=O) groups is 2. The van der Waals surface area contributed by atoms with Gasteiger partial charge in [0.2, 0.25) is 5.89 Å². The van der Waals surface area contributed by atoms with Gasteiger partial charge in [0.25, 0.3) is 11.5 Å². The number of ether oxygens (including phenoxy) is 1. The molecule has 2 aromatic carbocycles. The van der Waals surface area contributed by atoms with Gasteiger partial charge in [0.05, 0.1) is 19.5 Å². The zero-order valence-corrected chi connectivity index (χ0v) is 17.0. The minimum absolute atomic E-state index is 0.0693. The van der Waals surface area contributed by atoms with Crippen LogP contribution in [0.1, 0.15) is 10.4 Å². The van der Waals surface area contributed by atoms with E-state index in [1.165, 1.54) is 30.3 Å². The van der Waals surface area contributed by atoms with Crippen LogP contribution in [-0.4, -0.2) is 33.5 Å². The Kier molecular flexibility index (Phi) is 5.89. The van der Waals surface area contributed by atoms with Gasteiger partial charge in [-0.25, -0.2) is 9.97 Å². The van der Waals surface area contributed by atoms with E-state index >= 15 is 0 Å². The number of aromatic nitrogens is 3. The van der Waals surface area contributed by atoms with Crippen LogP contribution in [0.4, 0.5) is 5.69 Å². The molecule has 0 radical (unpaired) electrons. The third-order valence-electron chi connectivity index (χ3n) is 4.65. The van der Waals surface area contributed by atoms with Crippen LogP contribution in [-0.2, 0) is 16.1 Å². The lowest BCUT2D eigenvalue weighted by molar-refractivity contribution is -0.141. The SMILES string of the molecule is COC(=O)Cn1c(-c2ccccc2)ncc(NC(=O)c2cccc(-c3ncco3)c2)c1=O. The standard InChI is InChI=1S/C23H18N4O5/c1-31-19(28)14-27-20(15-6-3-2-4-7-15)25-13-18(23(27)30)26-21(29)16-8-5-9-17(12-16)22-24-10-11-32-22/h2-13H,14H2,1H3,(H,26,29). The van der Waals surface area contributed by atoms with E-state index in [4.69, 9.17) is 9.15 Å². The number of anilines is 1. The highest BCUT2D eigenvalue weighted by Crippen LogP contribution is 2.20. The Bertz CT molecular complexity index is 1310. The van der Waals surface area contributed by atoms with Crippen molar-refractivity contribution in [3.63, 3.8) is 0 Å². The maximum atomic E-state index is 13.1. The number of methoxy groups -OCH3 is 1. The molecule has 0 bridgehead atoms. The first-order valence-corrected chi connectivity index (χ1v) is 9.60. The molecule has 32 heavy (non-hydrogen) atoms. The van der Waals surface area contributed by atoms with E-state index in [1.54, 1.807) is 48.5 Å². The largest absolute Gasteiger partial charge is 0.468 e. The van der Waals surface area contributed by atoms with Crippen LogP contribution in [0, 0.1) is 0 Å². The first-order chi connectivity index (χ1) is 15.6. The van der Waals surface area contributed by atoms with Gasteiger partial charge in [0.15, 0.2) is 0 Å². The van der Waals surface area contributed by atoms with Crippen molar-refractivity contribution in [1.29, 1.82) is 0 Å². The molecule has 0 saturated heterocycles. The van der Waals surface area contributed by atoms with Crippen LogP contribution < -0.4 is 10.9 Å². The number of esters is 1. The summed E-state index contributed by atoms with van der Waals surface area (Å²) in [5, 5.41) is 2.57. The van der Waals surface area contributed by atoms with Crippen molar-refractivity contribution in [3.05, 3.63) is 89.2 Å². The van der Waals surface area contributed by atoms with Gasteiger partial charge in [-0.2, -0.15) is 0 Å². The van der Waals surface area contributed by atoms with Crippen molar-refractivity contribution in [2.75, 3.05) is 12.4 Å². The summed E-state index contributed by atoms with van der Waals surface area (Å²) in [5.41, 5.74) is 0.904. The second kappa shape index (κ2) is 9.09. The summed E-state index contributed by atoms with van der Waals surface area (Å²) in [6.07, 6.45) is 4.21. The third-order valence-corrected chi connectivity index (χ3v) is 4.65. The van der Waals surface area contributed by atoms with E-state index in [2.05, 4.69) is 15.3 Å². The van der Waals surface area contributed by atoms with Gasteiger partial charge < -0.3 is 14.5 Å². The number of hydrogen-bond donors (Lipinski definition) is 1. The predicted octanol–water partition coefficient (Wildman–Crippen LogP) is 2.99. The number of carbonyl (C=O) groups excluding carboxylic acids is 2. The summed E-state index contributed by atoms with van der Waals surface area (Å²) in [6, 6.07) is 15.6. The Morgan fingerprint density at radius 1 is 1.06 bits per heavy atom. The topological polar surface area (TPSA) is 116 Å². The van der Waals surface area contributed by atoms with Gasteiger partial charge in [-0.05, 0) is 18.2 Å². The Morgan fingerprint density at radius 2 is 1.84 bits per heavy atom. The van der Waals surface area contributed by atoms with Crippen LogP contribution in [0.25, 0.3) is 22.8 Å². The molecule has 0 spiro atoms. The molecule has 160 valence electrons. The van der Waals surface area contributed by atoms with Gasteiger partial charge in [0, 0.05) is 16.7 Å². The Labute approximate surface area is 182 Å². The molecule has 9 nitrogen and oxygen atoms in total. The number of benzene rings is 2. The molecule has 0 aliphatic rings. The molecule has 4 aromatic rings. The van der Waals surface area contributed by atoms with E-state index in [0.717, 1.165) is 0 Å². The molecule has 0 saturated carbocycles. The molecule has 4 rings (SSSR count). The van der Waals surface area contributed by atoms with Crippen molar-refractivity contribution in [2.45, 2.75) is 6.54 Å². The summed E-state index contributed by atoms with van der Waals surface area (Å²) < 4.78 is 11.1. The zero-order chi connectivity index (χ0) is 22.5. The summed E-state index contributed by atoms with van der Waals surface area (Å²) >= 11 is 0. The van der Waals surface area contributed by atoms with E-state index < -0.39 is 17.4 Å².